The summed E-state index contributed by atoms with van der Waals surface area (Å²) in [4.78, 5) is 11.9. The van der Waals surface area contributed by atoms with Gasteiger partial charge in [-0.1, -0.05) is 6.07 Å². The Morgan fingerprint density at radius 3 is 2.45 bits per heavy atom. The summed E-state index contributed by atoms with van der Waals surface area (Å²) in [6.07, 6.45) is 0. The van der Waals surface area contributed by atoms with Gasteiger partial charge >= 0.3 is 0 Å². The van der Waals surface area contributed by atoms with Crippen LogP contribution in [0.2, 0.25) is 0 Å². The summed E-state index contributed by atoms with van der Waals surface area (Å²) in [5.41, 5.74) is 4.44. The third kappa shape index (κ3) is 2.77. The molecule has 0 fully saturated rings. The number of anilines is 2. The minimum absolute atomic E-state index is 0.205. The molecule has 0 aliphatic heterocycles. The second-order valence-electron chi connectivity index (χ2n) is 3.90. The van der Waals surface area contributed by atoms with Crippen molar-refractivity contribution in [3.8, 4) is 0 Å². The van der Waals surface area contributed by atoms with Crippen molar-refractivity contribution in [2.75, 3.05) is 11.1 Å². The van der Waals surface area contributed by atoms with Gasteiger partial charge in [-0.05, 0) is 34.1 Å². The van der Waals surface area contributed by atoms with E-state index >= 15 is 0 Å². The number of carbonyl (C=O) groups excluding carboxylic acids is 1. The van der Waals surface area contributed by atoms with E-state index in [0.717, 1.165) is 12.1 Å². The Morgan fingerprint density at radius 2 is 1.85 bits per heavy atom. The Kier molecular flexibility index (Phi) is 3.99. The lowest BCUT2D eigenvalue weighted by atomic mass is 10.2. The molecule has 0 unspecified atom stereocenters. The Balaban J connectivity index is 2.38. The van der Waals surface area contributed by atoms with E-state index < -0.39 is 29.0 Å². The number of carbonyl (C=O) groups is 1. The van der Waals surface area contributed by atoms with Gasteiger partial charge in [0.15, 0.2) is 5.82 Å². The predicted molar refractivity (Wildman–Crippen MR) is 72.8 cm³/mol. The van der Waals surface area contributed by atoms with Crippen LogP contribution in [0.1, 0.15) is 10.4 Å². The van der Waals surface area contributed by atoms with Gasteiger partial charge < -0.3 is 11.1 Å². The fourth-order valence-electron chi connectivity index (χ4n) is 1.62. The zero-order chi connectivity index (χ0) is 14.9. The monoisotopic (exact) mass is 344 g/mol. The minimum Gasteiger partial charge on any atom is -0.397 e. The number of rotatable bonds is 2. The van der Waals surface area contributed by atoms with Gasteiger partial charge in [-0.15, -0.1) is 0 Å². The van der Waals surface area contributed by atoms with Crippen molar-refractivity contribution in [1.29, 1.82) is 0 Å². The molecule has 0 radical (unpaired) electrons. The van der Waals surface area contributed by atoms with E-state index in [4.69, 9.17) is 5.73 Å². The highest BCUT2D eigenvalue weighted by Crippen LogP contribution is 2.26. The van der Waals surface area contributed by atoms with Crippen molar-refractivity contribution < 1.29 is 18.0 Å². The quantitative estimate of drug-likeness (QED) is 0.816. The molecule has 0 saturated carbocycles. The Labute approximate surface area is 120 Å². The van der Waals surface area contributed by atoms with Gasteiger partial charge in [0.05, 0.1) is 11.3 Å². The first-order chi connectivity index (χ1) is 9.40. The number of amides is 1. The molecule has 2 aromatic carbocycles. The van der Waals surface area contributed by atoms with E-state index in [9.17, 15) is 18.0 Å². The molecule has 0 heterocycles. The normalized spacial score (nSPS) is 10.4. The highest BCUT2D eigenvalue weighted by molar-refractivity contribution is 9.10. The van der Waals surface area contributed by atoms with Gasteiger partial charge in [0, 0.05) is 10.5 Å². The lowest BCUT2D eigenvalue weighted by Gasteiger charge is -2.11. The number of nitrogen functional groups attached to an aromatic ring is 1. The maximum Gasteiger partial charge on any atom is 0.259 e. The molecule has 0 atom stereocenters. The van der Waals surface area contributed by atoms with E-state index in [1.165, 1.54) is 12.1 Å². The molecule has 3 N–H and O–H groups in total. The summed E-state index contributed by atoms with van der Waals surface area (Å²) in [5, 5.41) is 2.13. The maximum atomic E-state index is 13.6. The molecule has 0 saturated heterocycles. The number of hydrogen-bond donors (Lipinski definition) is 2. The molecule has 2 aromatic rings. The maximum absolute atomic E-state index is 13.6. The van der Waals surface area contributed by atoms with Crippen molar-refractivity contribution in [1.82, 2.24) is 0 Å². The van der Waals surface area contributed by atoms with Crippen LogP contribution in [0, 0.1) is 17.5 Å². The summed E-state index contributed by atoms with van der Waals surface area (Å²) in [6, 6.07) is 5.38. The summed E-state index contributed by atoms with van der Waals surface area (Å²) in [7, 11) is 0. The van der Waals surface area contributed by atoms with Crippen LogP contribution < -0.4 is 11.1 Å². The molecule has 3 nitrogen and oxygen atoms in total. The van der Waals surface area contributed by atoms with Crippen LogP contribution in [0.5, 0.6) is 0 Å². The van der Waals surface area contributed by atoms with Gasteiger partial charge in [0.2, 0.25) is 0 Å². The van der Waals surface area contributed by atoms with E-state index in [0.29, 0.717) is 6.07 Å². The molecule has 1 amide bonds. The third-order valence-electron chi connectivity index (χ3n) is 2.51. The first kappa shape index (κ1) is 14.4. The van der Waals surface area contributed by atoms with E-state index in [2.05, 4.69) is 21.2 Å². The summed E-state index contributed by atoms with van der Waals surface area (Å²) in [6.45, 7) is 0. The van der Waals surface area contributed by atoms with E-state index in [1.807, 2.05) is 0 Å². The van der Waals surface area contributed by atoms with Crippen LogP contribution in [0.3, 0.4) is 0 Å². The van der Waals surface area contributed by atoms with Crippen LogP contribution in [-0.2, 0) is 0 Å². The molecule has 0 spiro atoms. The molecular weight excluding hydrogens is 337 g/mol. The summed E-state index contributed by atoms with van der Waals surface area (Å²) in [5.74, 6) is -3.58. The standard InChI is InChI=1S/C13H8BrF3N2O/c14-7-2-1-3-8(16)11(7)13(20)19-12-9(17)4-6(15)5-10(12)18/h1-5H,18H2,(H,19,20). The number of hydrogen-bond acceptors (Lipinski definition) is 2. The molecule has 0 bridgehead atoms. The molecule has 0 aliphatic rings. The van der Waals surface area contributed by atoms with Gasteiger partial charge in [-0.3, -0.25) is 4.79 Å². The Morgan fingerprint density at radius 1 is 1.15 bits per heavy atom. The van der Waals surface area contributed by atoms with Gasteiger partial charge in [0.25, 0.3) is 5.91 Å². The van der Waals surface area contributed by atoms with Crippen LogP contribution in [0.4, 0.5) is 24.5 Å². The lowest BCUT2D eigenvalue weighted by Crippen LogP contribution is -2.17. The fourth-order valence-corrected chi connectivity index (χ4v) is 2.14. The van der Waals surface area contributed by atoms with Crippen LogP contribution in [0.25, 0.3) is 0 Å². The van der Waals surface area contributed by atoms with Crippen molar-refractivity contribution in [3.05, 3.63) is 57.8 Å². The zero-order valence-corrected chi connectivity index (χ0v) is 11.5. The number of nitrogens with one attached hydrogen (secondary N) is 1. The summed E-state index contributed by atoms with van der Waals surface area (Å²) >= 11 is 3.02. The molecular formula is C13H8BrF3N2O. The van der Waals surface area contributed by atoms with Crippen LogP contribution in [-0.4, -0.2) is 5.91 Å². The molecule has 20 heavy (non-hydrogen) atoms. The second kappa shape index (κ2) is 5.54. The largest absolute Gasteiger partial charge is 0.397 e. The minimum atomic E-state index is -1.04. The molecule has 0 aliphatic carbocycles. The topological polar surface area (TPSA) is 55.1 Å². The lowest BCUT2D eigenvalue weighted by molar-refractivity contribution is 0.102. The van der Waals surface area contributed by atoms with E-state index in [1.54, 1.807) is 0 Å². The van der Waals surface area contributed by atoms with Gasteiger partial charge in [-0.25, -0.2) is 13.2 Å². The average Bonchev–Trinajstić information content (AvgIpc) is 2.33. The highest BCUT2D eigenvalue weighted by atomic mass is 79.9. The average molecular weight is 345 g/mol. The zero-order valence-electron chi connectivity index (χ0n) is 9.88. The van der Waals surface area contributed by atoms with Crippen molar-refractivity contribution >= 4 is 33.2 Å². The molecule has 2 rings (SSSR count). The van der Waals surface area contributed by atoms with Gasteiger partial charge in [0.1, 0.15) is 17.3 Å². The Hall–Kier alpha value is -2.02. The van der Waals surface area contributed by atoms with Crippen LogP contribution >= 0.6 is 15.9 Å². The first-order valence-corrected chi connectivity index (χ1v) is 6.19. The first-order valence-electron chi connectivity index (χ1n) is 5.40. The highest BCUT2D eigenvalue weighted by Gasteiger charge is 2.18. The fraction of sp³-hybridized carbons (Fsp3) is 0. The third-order valence-corrected chi connectivity index (χ3v) is 3.17. The van der Waals surface area contributed by atoms with Crippen molar-refractivity contribution in [3.63, 3.8) is 0 Å². The number of halogens is 4. The number of benzene rings is 2. The van der Waals surface area contributed by atoms with E-state index in [-0.39, 0.29) is 15.7 Å². The van der Waals surface area contributed by atoms with Gasteiger partial charge in [-0.2, -0.15) is 0 Å². The second-order valence-corrected chi connectivity index (χ2v) is 4.76. The number of nitrogens with two attached hydrogens (primary N) is 1. The predicted octanol–water partition coefficient (Wildman–Crippen LogP) is 3.70. The summed E-state index contributed by atoms with van der Waals surface area (Å²) < 4.78 is 40.2. The van der Waals surface area contributed by atoms with Crippen molar-refractivity contribution in [2.24, 2.45) is 0 Å². The van der Waals surface area contributed by atoms with Crippen molar-refractivity contribution in [2.45, 2.75) is 0 Å². The Bertz CT molecular complexity index is 648. The molecule has 104 valence electrons. The smallest absolute Gasteiger partial charge is 0.259 e. The molecule has 0 aromatic heterocycles. The van der Waals surface area contributed by atoms with Crippen LogP contribution in [0.15, 0.2) is 34.8 Å². The molecule has 7 heteroatoms. The SMILES string of the molecule is Nc1cc(F)cc(F)c1NC(=O)c1c(F)cccc1Br.